The number of hydrogen-bond donors (Lipinski definition) is 0. The molecule has 0 radical (unpaired) electrons. The van der Waals surface area contributed by atoms with E-state index in [1.165, 1.54) is 0 Å². The molecule has 2 nitrogen and oxygen atoms in total. The molecule has 1 aromatic rings. The molecular formula is C10H11ClO2S. The minimum atomic E-state index is -0.367. The number of rotatable bonds is 3. The predicted octanol–water partition coefficient (Wildman–Crippen LogP) is 3.24. The second-order valence-corrected chi connectivity index (χ2v) is 3.85. The summed E-state index contributed by atoms with van der Waals surface area (Å²) in [5.74, 6) is -0.367. The standard InChI is InChI=1S/C10H11ClO2S/c1-3-13-10(12)8-6-7(14-2)4-5-9(8)11/h4-6H,3H2,1-2H3. The molecule has 0 N–H and O–H groups in total. The molecule has 0 aliphatic rings. The topological polar surface area (TPSA) is 26.3 Å². The molecule has 0 heterocycles. The summed E-state index contributed by atoms with van der Waals surface area (Å²) in [6.07, 6.45) is 1.94. The highest BCUT2D eigenvalue weighted by Gasteiger charge is 2.11. The molecule has 4 heteroatoms. The zero-order chi connectivity index (χ0) is 10.6. The van der Waals surface area contributed by atoms with Crippen LogP contribution in [0, 0.1) is 0 Å². The second-order valence-electron chi connectivity index (χ2n) is 2.57. The van der Waals surface area contributed by atoms with Crippen LogP contribution in [-0.4, -0.2) is 18.8 Å². The molecule has 0 unspecified atom stereocenters. The van der Waals surface area contributed by atoms with E-state index in [4.69, 9.17) is 16.3 Å². The van der Waals surface area contributed by atoms with E-state index in [0.717, 1.165) is 4.90 Å². The van der Waals surface area contributed by atoms with Crippen LogP contribution in [0.2, 0.25) is 5.02 Å². The molecular weight excluding hydrogens is 220 g/mol. The van der Waals surface area contributed by atoms with Crippen LogP contribution >= 0.6 is 23.4 Å². The highest BCUT2D eigenvalue weighted by Crippen LogP contribution is 2.23. The van der Waals surface area contributed by atoms with Gasteiger partial charge in [0.25, 0.3) is 0 Å². The number of esters is 1. The molecule has 0 bridgehead atoms. The maximum Gasteiger partial charge on any atom is 0.339 e. The molecule has 1 aromatic carbocycles. The van der Waals surface area contributed by atoms with Gasteiger partial charge in [-0.2, -0.15) is 0 Å². The number of benzene rings is 1. The van der Waals surface area contributed by atoms with Gasteiger partial charge in [0, 0.05) is 4.90 Å². The lowest BCUT2D eigenvalue weighted by Gasteiger charge is -2.05. The second kappa shape index (κ2) is 5.27. The summed E-state index contributed by atoms with van der Waals surface area (Å²) >= 11 is 7.43. The smallest absolute Gasteiger partial charge is 0.339 e. The zero-order valence-corrected chi connectivity index (χ0v) is 9.61. The third-order valence-corrected chi connectivity index (χ3v) is 2.72. The average molecular weight is 231 g/mol. The normalized spacial score (nSPS) is 9.93. The van der Waals surface area contributed by atoms with Crippen LogP contribution in [0.25, 0.3) is 0 Å². The molecule has 76 valence electrons. The largest absolute Gasteiger partial charge is 0.462 e. The number of halogens is 1. The molecule has 0 aliphatic carbocycles. The lowest BCUT2D eigenvalue weighted by Crippen LogP contribution is -2.05. The van der Waals surface area contributed by atoms with Gasteiger partial charge in [-0.1, -0.05) is 11.6 Å². The Balaban J connectivity index is 2.99. The summed E-state index contributed by atoms with van der Waals surface area (Å²) in [5.41, 5.74) is 0.431. The van der Waals surface area contributed by atoms with E-state index in [9.17, 15) is 4.79 Å². The lowest BCUT2D eigenvalue weighted by molar-refractivity contribution is 0.0526. The summed E-state index contributed by atoms with van der Waals surface area (Å²) in [6.45, 7) is 2.13. The summed E-state index contributed by atoms with van der Waals surface area (Å²) in [4.78, 5) is 12.4. The number of hydrogen-bond acceptors (Lipinski definition) is 3. The monoisotopic (exact) mass is 230 g/mol. The van der Waals surface area contributed by atoms with E-state index in [1.807, 2.05) is 12.3 Å². The van der Waals surface area contributed by atoms with Gasteiger partial charge in [0.1, 0.15) is 0 Å². The van der Waals surface area contributed by atoms with Crippen molar-refractivity contribution < 1.29 is 9.53 Å². The van der Waals surface area contributed by atoms with Crippen molar-refractivity contribution in [2.75, 3.05) is 12.9 Å². The Labute approximate surface area is 92.6 Å². The first-order valence-corrected chi connectivity index (χ1v) is 5.80. The van der Waals surface area contributed by atoms with Crippen LogP contribution in [0.5, 0.6) is 0 Å². The van der Waals surface area contributed by atoms with Gasteiger partial charge >= 0.3 is 5.97 Å². The molecule has 14 heavy (non-hydrogen) atoms. The van der Waals surface area contributed by atoms with E-state index in [0.29, 0.717) is 17.2 Å². The molecule has 0 saturated heterocycles. The summed E-state index contributed by atoms with van der Waals surface area (Å²) in [5, 5.41) is 0.432. The van der Waals surface area contributed by atoms with Crippen LogP contribution < -0.4 is 0 Å². The predicted molar refractivity (Wildman–Crippen MR) is 59.2 cm³/mol. The highest BCUT2D eigenvalue weighted by molar-refractivity contribution is 7.98. The fourth-order valence-electron chi connectivity index (χ4n) is 0.997. The van der Waals surface area contributed by atoms with E-state index < -0.39 is 0 Å². The fourth-order valence-corrected chi connectivity index (χ4v) is 1.63. The minimum Gasteiger partial charge on any atom is -0.462 e. The number of thioether (sulfide) groups is 1. The average Bonchev–Trinajstić information content (AvgIpc) is 2.19. The van der Waals surface area contributed by atoms with E-state index in [-0.39, 0.29) is 5.97 Å². The van der Waals surface area contributed by atoms with Crippen molar-refractivity contribution >= 4 is 29.3 Å². The molecule has 0 saturated carbocycles. The fraction of sp³-hybridized carbons (Fsp3) is 0.300. The van der Waals surface area contributed by atoms with Crippen molar-refractivity contribution in [3.8, 4) is 0 Å². The van der Waals surface area contributed by atoms with Gasteiger partial charge in [-0.25, -0.2) is 4.79 Å². The molecule has 1 rings (SSSR count). The van der Waals surface area contributed by atoms with Gasteiger partial charge in [-0.3, -0.25) is 0 Å². The van der Waals surface area contributed by atoms with Gasteiger partial charge in [0.15, 0.2) is 0 Å². The van der Waals surface area contributed by atoms with Gasteiger partial charge in [0.05, 0.1) is 17.2 Å². The maximum atomic E-state index is 11.4. The van der Waals surface area contributed by atoms with Crippen LogP contribution in [0.15, 0.2) is 23.1 Å². The Bertz CT molecular complexity index is 339. The van der Waals surface area contributed by atoms with Crippen LogP contribution in [0.4, 0.5) is 0 Å². The first-order chi connectivity index (χ1) is 6.69. The third-order valence-electron chi connectivity index (χ3n) is 1.67. The summed E-state index contributed by atoms with van der Waals surface area (Å²) in [7, 11) is 0. The maximum absolute atomic E-state index is 11.4. The number of carbonyl (C=O) groups excluding carboxylic acids is 1. The summed E-state index contributed by atoms with van der Waals surface area (Å²) in [6, 6.07) is 5.32. The van der Waals surface area contributed by atoms with Crippen molar-refractivity contribution in [1.82, 2.24) is 0 Å². The van der Waals surface area contributed by atoms with Gasteiger partial charge in [-0.05, 0) is 31.4 Å². The van der Waals surface area contributed by atoms with E-state index in [1.54, 1.807) is 30.8 Å². The molecule has 0 aliphatic heterocycles. The molecule has 0 amide bonds. The quantitative estimate of drug-likeness (QED) is 0.589. The van der Waals surface area contributed by atoms with Crippen molar-refractivity contribution in [1.29, 1.82) is 0 Å². The Hall–Kier alpha value is -0.670. The lowest BCUT2D eigenvalue weighted by atomic mass is 10.2. The van der Waals surface area contributed by atoms with Crippen molar-refractivity contribution in [2.45, 2.75) is 11.8 Å². The molecule has 0 spiro atoms. The first kappa shape index (κ1) is 11.4. The van der Waals surface area contributed by atoms with Crippen LogP contribution in [-0.2, 0) is 4.74 Å². The number of ether oxygens (including phenoxy) is 1. The summed E-state index contributed by atoms with van der Waals surface area (Å²) < 4.78 is 4.88. The van der Waals surface area contributed by atoms with Crippen LogP contribution in [0.1, 0.15) is 17.3 Å². The van der Waals surface area contributed by atoms with Crippen molar-refractivity contribution in [3.63, 3.8) is 0 Å². The van der Waals surface area contributed by atoms with Gasteiger partial charge in [-0.15, -0.1) is 11.8 Å². The van der Waals surface area contributed by atoms with Crippen molar-refractivity contribution in [2.24, 2.45) is 0 Å². The van der Waals surface area contributed by atoms with Gasteiger partial charge in [0.2, 0.25) is 0 Å². The number of carbonyl (C=O) groups is 1. The van der Waals surface area contributed by atoms with Crippen molar-refractivity contribution in [3.05, 3.63) is 28.8 Å². The van der Waals surface area contributed by atoms with E-state index >= 15 is 0 Å². The Morgan fingerprint density at radius 1 is 1.57 bits per heavy atom. The highest BCUT2D eigenvalue weighted by atomic mass is 35.5. The first-order valence-electron chi connectivity index (χ1n) is 4.19. The van der Waals surface area contributed by atoms with Gasteiger partial charge < -0.3 is 4.74 Å². The Morgan fingerprint density at radius 3 is 2.86 bits per heavy atom. The SMILES string of the molecule is CCOC(=O)c1cc(SC)ccc1Cl. The molecule has 0 fully saturated rings. The minimum absolute atomic E-state index is 0.360. The van der Waals surface area contributed by atoms with Crippen LogP contribution in [0.3, 0.4) is 0 Å². The molecule has 0 aromatic heterocycles. The Kier molecular flexibility index (Phi) is 4.29. The van der Waals surface area contributed by atoms with E-state index in [2.05, 4.69) is 0 Å². The third kappa shape index (κ3) is 2.66. The molecule has 0 atom stereocenters. The zero-order valence-electron chi connectivity index (χ0n) is 8.04. The Morgan fingerprint density at radius 2 is 2.29 bits per heavy atom.